The summed E-state index contributed by atoms with van der Waals surface area (Å²) >= 11 is 6.40. The Morgan fingerprint density at radius 1 is 1.24 bits per heavy atom. The molecule has 0 spiro atoms. The number of piperazine rings is 1. The molecule has 0 aromatic heterocycles. The number of carbonyl (C=O) groups is 1. The molecule has 1 saturated heterocycles. The Kier molecular flexibility index (Phi) is 6.78. The number of rotatable bonds is 5. The number of halogens is 1. The van der Waals surface area contributed by atoms with E-state index in [0.29, 0.717) is 17.1 Å². The van der Waals surface area contributed by atoms with Crippen LogP contribution in [0.2, 0.25) is 5.02 Å². The van der Waals surface area contributed by atoms with Crippen molar-refractivity contribution in [1.29, 1.82) is 5.26 Å². The predicted octanol–water partition coefficient (Wildman–Crippen LogP) is 3.66. The molecule has 1 radical (unpaired) electrons. The SMILES string of the molecule is CC[CH]C(=O)N1CCc2ccc(O[C@H]3c4cc(Cl)cc(C#N)c4C[C@@H]3N3CCNCC3)cc2C1. The largest absolute Gasteiger partial charge is 0.484 e. The zero-order valence-electron chi connectivity index (χ0n) is 19.5. The maximum absolute atomic E-state index is 12.4. The van der Waals surface area contributed by atoms with E-state index in [9.17, 15) is 10.1 Å². The zero-order valence-corrected chi connectivity index (χ0v) is 20.3. The second kappa shape index (κ2) is 9.95. The molecule has 0 bridgehead atoms. The summed E-state index contributed by atoms with van der Waals surface area (Å²) in [6, 6.07) is 12.5. The van der Waals surface area contributed by atoms with Gasteiger partial charge in [0.2, 0.25) is 5.91 Å². The third-order valence-electron chi connectivity index (χ3n) is 7.20. The lowest BCUT2D eigenvalue weighted by molar-refractivity contribution is -0.128. The van der Waals surface area contributed by atoms with E-state index in [1.807, 2.05) is 24.0 Å². The van der Waals surface area contributed by atoms with E-state index < -0.39 is 0 Å². The van der Waals surface area contributed by atoms with Gasteiger partial charge in [-0.25, -0.2) is 0 Å². The normalized spacial score (nSPS) is 22.1. The Morgan fingerprint density at radius 2 is 2.06 bits per heavy atom. The summed E-state index contributed by atoms with van der Waals surface area (Å²) in [5.74, 6) is 0.894. The molecule has 2 atom stereocenters. The fourth-order valence-electron chi connectivity index (χ4n) is 5.48. The number of hydrogen-bond acceptors (Lipinski definition) is 5. The van der Waals surface area contributed by atoms with Gasteiger partial charge in [-0.3, -0.25) is 9.69 Å². The molecule has 5 rings (SSSR count). The van der Waals surface area contributed by atoms with Crippen molar-refractivity contribution in [2.45, 2.75) is 44.9 Å². The Balaban J connectivity index is 1.44. The van der Waals surface area contributed by atoms with E-state index in [1.54, 1.807) is 12.5 Å². The number of ether oxygens (including phenoxy) is 1. The molecule has 7 heteroatoms. The van der Waals surface area contributed by atoms with Crippen LogP contribution in [0.4, 0.5) is 0 Å². The molecule has 34 heavy (non-hydrogen) atoms. The average molecular weight is 478 g/mol. The highest BCUT2D eigenvalue weighted by molar-refractivity contribution is 6.30. The minimum absolute atomic E-state index is 0.0987. The minimum Gasteiger partial charge on any atom is -0.484 e. The first-order valence-electron chi connectivity index (χ1n) is 12.1. The summed E-state index contributed by atoms with van der Waals surface area (Å²) in [7, 11) is 0. The molecule has 2 heterocycles. The number of benzene rings is 2. The summed E-state index contributed by atoms with van der Waals surface area (Å²) in [5.41, 5.74) is 5.11. The van der Waals surface area contributed by atoms with Crippen molar-refractivity contribution in [1.82, 2.24) is 15.1 Å². The molecule has 1 fully saturated rings. The number of hydrogen-bond donors (Lipinski definition) is 1. The Morgan fingerprint density at radius 3 is 2.82 bits per heavy atom. The van der Waals surface area contributed by atoms with Gasteiger partial charge in [-0.15, -0.1) is 0 Å². The predicted molar refractivity (Wildman–Crippen MR) is 132 cm³/mol. The van der Waals surface area contributed by atoms with Crippen LogP contribution < -0.4 is 10.1 Å². The van der Waals surface area contributed by atoms with Crippen LogP contribution >= 0.6 is 11.6 Å². The van der Waals surface area contributed by atoms with Gasteiger partial charge in [0.25, 0.3) is 0 Å². The monoisotopic (exact) mass is 477 g/mol. The van der Waals surface area contributed by atoms with Gasteiger partial charge >= 0.3 is 0 Å². The van der Waals surface area contributed by atoms with E-state index in [1.165, 1.54) is 5.56 Å². The van der Waals surface area contributed by atoms with E-state index in [-0.39, 0.29) is 18.1 Å². The summed E-state index contributed by atoms with van der Waals surface area (Å²) in [5, 5.41) is 13.7. The highest BCUT2D eigenvalue weighted by Crippen LogP contribution is 2.41. The third kappa shape index (κ3) is 4.53. The van der Waals surface area contributed by atoms with Gasteiger partial charge < -0.3 is 15.0 Å². The fourth-order valence-corrected chi connectivity index (χ4v) is 5.71. The summed E-state index contributed by atoms with van der Waals surface area (Å²) < 4.78 is 6.69. The standard InChI is InChI=1S/C27H30ClN4O2/c1-2-3-26(33)32-9-6-18-4-5-22(13-20(18)17-32)34-27-24-14-21(28)12-19(16-29)23(24)15-25(27)31-10-7-30-8-11-31/h3-5,12-14,25,27,30H,2,6-11,15,17H2,1H3/t25-,27-/m0/s1. The van der Waals surface area contributed by atoms with Crippen molar-refractivity contribution in [3.63, 3.8) is 0 Å². The lowest BCUT2D eigenvalue weighted by atomic mass is 9.99. The quantitative estimate of drug-likeness (QED) is 0.711. The minimum atomic E-state index is -0.202. The Hall–Kier alpha value is -2.59. The van der Waals surface area contributed by atoms with Gasteiger partial charge in [0.1, 0.15) is 11.9 Å². The van der Waals surface area contributed by atoms with Gasteiger partial charge in [-0.05, 0) is 65.8 Å². The first-order chi connectivity index (χ1) is 16.6. The number of nitrogens with zero attached hydrogens (tertiary/aromatic N) is 3. The molecular weight excluding hydrogens is 448 g/mol. The summed E-state index contributed by atoms with van der Waals surface area (Å²) in [6.45, 7) is 7.13. The van der Waals surface area contributed by atoms with Gasteiger partial charge in [-0.2, -0.15) is 5.26 Å². The second-order valence-corrected chi connectivity index (χ2v) is 9.72. The van der Waals surface area contributed by atoms with Gasteiger partial charge in [0.05, 0.1) is 17.7 Å². The highest BCUT2D eigenvalue weighted by Gasteiger charge is 2.40. The van der Waals surface area contributed by atoms with Crippen molar-refractivity contribution in [2.24, 2.45) is 0 Å². The Labute approximate surface area is 206 Å². The smallest absolute Gasteiger partial charge is 0.226 e. The molecule has 1 aliphatic carbocycles. The fraction of sp³-hybridized carbons (Fsp3) is 0.444. The van der Waals surface area contributed by atoms with Crippen molar-refractivity contribution < 1.29 is 9.53 Å². The maximum Gasteiger partial charge on any atom is 0.226 e. The number of nitriles is 1. The molecule has 0 unspecified atom stereocenters. The lowest BCUT2D eigenvalue weighted by Crippen LogP contribution is -2.50. The molecule has 3 aliphatic rings. The number of carbonyl (C=O) groups excluding carboxylic acids is 1. The van der Waals surface area contributed by atoms with E-state index >= 15 is 0 Å². The van der Waals surface area contributed by atoms with Crippen LogP contribution in [0.1, 0.15) is 47.3 Å². The molecular formula is C27H30ClN4O2. The molecule has 2 aromatic carbocycles. The Bertz CT molecular complexity index is 1120. The van der Waals surface area contributed by atoms with Crippen LogP contribution in [0.3, 0.4) is 0 Å². The van der Waals surface area contributed by atoms with Crippen molar-refractivity contribution in [2.75, 3.05) is 32.7 Å². The van der Waals surface area contributed by atoms with E-state index in [2.05, 4.69) is 28.4 Å². The van der Waals surface area contributed by atoms with Crippen molar-refractivity contribution in [3.8, 4) is 11.8 Å². The number of amides is 1. The van der Waals surface area contributed by atoms with Gasteiger partial charge in [0, 0.05) is 50.7 Å². The van der Waals surface area contributed by atoms with Gasteiger partial charge in [-0.1, -0.05) is 24.6 Å². The summed E-state index contributed by atoms with van der Waals surface area (Å²) in [4.78, 5) is 16.8. The molecule has 1 N–H and O–H groups in total. The van der Waals surface area contributed by atoms with Crippen LogP contribution in [0.25, 0.3) is 0 Å². The molecule has 1 amide bonds. The number of nitrogens with one attached hydrogen (secondary N) is 1. The average Bonchev–Trinajstić information content (AvgIpc) is 3.21. The molecule has 0 saturated carbocycles. The molecule has 6 nitrogen and oxygen atoms in total. The van der Waals surface area contributed by atoms with Crippen molar-refractivity contribution >= 4 is 17.5 Å². The lowest BCUT2D eigenvalue weighted by Gasteiger charge is -2.36. The summed E-state index contributed by atoms with van der Waals surface area (Å²) in [6.07, 6.45) is 3.92. The molecule has 2 aromatic rings. The van der Waals surface area contributed by atoms with Gasteiger partial charge in [0.15, 0.2) is 0 Å². The number of fused-ring (bicyclic) bond motifs is 2. The molecule has 2 aliphatic heterocycles. The molecule has 177 valence electrons. The second-order valence-electron chi connectivity index (χ2n) is 9.28. The first kappa shape index (κ1) is 23.2. The van der Waals surface area contributed by atoms with Crippen LogP contribution in [-0.2, 0) is 24.2 Å². The third-order valence-corrected chi connectivity index (χ3v) is 7.42. The van der Waals surface area contributed by atoms with E-state index in [4.69, 9.17) is 16.3 Å². The van der Waals surface area contributed by atoms with Crippen LogP contribution in [0, 0.1) is 17.8 Å². The maximum atomic E-state index is 12.4. The van der Waals surface area contributed by atoms with Crippen molar-refractivity contribution in [3.05, 3.63) is 69.6 Å². The topological polar surface area (TPSA) is 68.6 Å². The van der Waals surface area contributed by atoms with Crippen LogP contribution in [-0.4, -0.2) is 54.5 Å². The van der Waals surface area contributed by atoms with Crippen LogP contribution in [0.15, 0.2) is 30.3 Å². The van der Waals surface area contributed by atoms with Crippen LogP contribution in [0.5, 0.6) is 5.75 Å². The zero-order chi connectivity index (χ0) is 23.7. The first-order valence-corrected chi connectivity index (χ1v) is 12.5. The van der Waals surface area contributed by atoms with E-state index in [0.717, 1.165) is 74.4 Å². The highest BCUT2D eigenvalue weighted by atomic mass is 35.5.